The fourth-order valence-corrected chi connectivity index (χ4v) is 2.61. The number of nitrogen functional groups attached to an aromatic ring is 1. The smallest absolute Gasteiger partial charge is 0.141 e. The monoisotopic (exact) mass is 307 g/mol. The van der Waals surface area contributed by atoms with E-state index >= 15 is 0 Å². The Morgan fingerprint density at radius 3 is 2.43 bits per heavy atom. The maximum atomic E-state index is 14.9. The van der Waals surface area contributed by atoms with Crippen LogP contribution >= 0.6 is 0 Å². The van der Waals surface area contributed by atoms with Crippen LogP contribution in [0.5, 0.6) is 0 Å². The Kier molecular flexibility index (Phi) is 4.33. The second-order valence-corrected chi connectivity index (χ2v) is 5.53. The molecule has 1 aromatic heterocycles. The van der Waals surface area contributed by atoms with Crippen LogP contribution in [0.3, 0.4) is 0 Å². The van der Waals surface area contributed by atoms with Gasteiger partial charge >= 0.3 is 0 Å². The minimum Gasteiger partial charge on any atom is -0.382 e. The summed E-state index contributed by atoms with van der Waals surface area (Å²) in [6.45, 7) is 1.93. The van der Waals surface area contributed by atoms with Gasteiger partial charge in [-0.2, -0.15) is 0 Å². The number of rotatable bonds is 4. The second-order valence-electron chi connectivity index (χ2n) is 5.53. The van der Waals surface area contributed by atoms with Gasteiger partial charge in [-0.15, -0.1) is 0 Å². The molecule has 0 aliphatic rings. The molecule has 0 spiro atoms. The molecule has 0 radical (unpaired) electrons. The lowest BCUT2D eigenvalue weighted by Gasteiger charge is -2.11. The highest BCUT2D eigenvalue weighted by molar-refractivity contribution is 5.62. The Balaban J connectivity index is 1.91. The molecule has 0 fully saturated rings. The topological polar surface area (TPSA) is 51.8 Å². The molecule has 0 atom stereocenters. The number of aromatic nitrogens is 2. The van der Waals surface area contributed by atoms with Gasteiger partial charge in [-0.3, -0.25) is 4.98 Å². The summed E-state index contributed by atoms with van der Waals surface area (Å²) in [6, 6.07) is 13.8. The van der Waals surface area contributed by atoms with Gasteiger partial charge in [-0.05, 0) is 42.5 Å². The van der Waals surface area contributed by atoms with Gasteiger partial charge < -0.3 is 5.73 Å². The molecule has 116 valence electrons. The third-order valence-electron chi connectivity index (χ3n) is 3.93. The number of hydrogen-bond acceptors (Lipinski definition) is 3. The predicted molar refractivity (Wildman–Crippen MR) is 90.4 cm³/mol. The van der Waals surface area contributed by atoms with Crippen molar-refractivity contribution >= 4 is 5.82 Å². The largest absolute Gasteiger partial charge is 0.382 e. The number of benzene rings is 2. The van der Waals surface area contributed by atoms with Gasteiger partial charge in [-0.1, -0.05) is 36.4 Å². The van der Waals surface area contributed by atoms with E-state index in [9.17, 15) is 4.39 Å². The zero-order chi connectivity index (χ0) is 16.2. The summed E-state index contributed by atoms with van der Waals surface area (Å²) in [4.78, 5) is 8.16. The van der Waals surface area contributed by atoms with Crippen molar-refractivity contribution < 1.29 is 4.39 Å². The van der Waals surface area contributed by atoms with Crippen LogP contribution in [0.4, 0.5) is 10.2 Å². The van der Waals surface area contributed by atoms with Gasteiger partial charge in [-0.25, -0.2) is 9.37 Å². The van der Waals surface area contributed by atoms with Crippen LogP contribution in [0.15, 0.2) is 54.9 Å². The summed E-state index contributed by atoms with van der Waals surface area (Å²) in [5.74, 6) is 0.102. The van der Waals surface area contributed by atoms with Crippen LogP contribution in [-0.2, 0) is 12.8 Å². The molecule has 0 aliphatic carbocycles. The molecular weight excluding hydrogens is 289 g/mol. The number of halogens is 1. The minimum absolute atomic E-state index is 0.222. The summed E-state index contributed by atoms with van der Waals surface area (Å²) < 4.78 is 14.9. The molecule has 0 bridgehead atoms. The van der Waals surface area contributed by atoms with Crippen molar-refractivity contribution in [2.24, 2.45) is 0 Å². The van der Waals surface area contributed by atoms with E-state index < -0.39 is 0 Å². The summed E-state index contributed by atoms with van der Waals surface area (Å²) in [6.07, 6.45) is 4.40. The molecule has 0 amide bonds. The lowest BCUT2D eigenvalue weighted by atomic mass is 9.96. The molecule has 23 heavy (non-hydrogen) atoms. The molecule has 2 N–H and O–H groups in total. The Morgan fingerprint density at radius 1 is 0.957 bits per heavy atom. The Morgan fingerprint density at radius 2 is 1.74 bits per heavy atom. The molecule has 0 saturated heterocycles. The molecule has 0 unspecified atom stereocenters. The van der Waals surface area contributed by atoms with Crippen LogP contribution in [0.25, 0.3) is 11.3 Å². The first-order valence-corrected chi connectivity index (χ1v) is 7.55. The maximum absolute atomic E-state index is 14.9. The standard InChI is InChI=1S/C19H18FN3/c1-13-7-9-16(17-11-23-18(21)12-22-17)19(20)15(13)10-8-14-5-3-2-4-6-14/h2-7,9,11-12H,8,10H2,1H3,(H2,21,23). The van der Waals surface area contributed by atoms with Gasteiger partial charge in [0.1, 0.15) is 11.6 Å². The fourth-order valence-electron chi connectivity index (χ4n) is 2.61. The molecule has 3 aromatic rings. The van der Waals surface area contributed by atoms with Gasteiger partial charge in [0.2, 0.25) is 0 Å². The molecule has 3 nitrogen and oxygen atoms in total. The average Bonchev–Trinajstić information content (AvgIpc) is 2.57. The van der Waals surface area contributed by atoms with Crippen LogP contribution in [0.2, 0.25) is 0 Å². The molecule has 1 heterocycles. The van der Waals surface area contributed by atoms with E-state index in [2.05, 4.69) is 22.1 Å². The highest BCUT2D eigenvalue weighted by Crippen LogP contribution is 2.26. The summed E-state index contributed by atoms with van der Waals surface area (Å²) in [5.41, 5.74) is 9.38. The first-order valence-electron chi connectivity index (χ1n) is 7.55. The van der Waals surface area contributed by atoms with Crippen molar-refractivity contribution in [3.8, 4) is 11.3 Å². The zero-order valence-electron chi connectivity index (χ0n) is 13.0. The first kappa shape index (κ1) is 15.2. The van der Waals surface area contributed by atoms with Crippen molar-refractivity contribution in [1.82, 2.24) is 9.97 Å². The Bertz CT molecular complexity index is 799. The number of anilines is 1. The lowest BCUT2D eigenvalue weighted by molar-refractivity contribution is 0.609. The van der Waals surface area contributed by atoms with E-state index in [0.717, 1.165) is 17.5 Å². The molecule has 4 heteroatoms. The van der Waals surface area contributed by atoms with Crippen molar-refractivity contribution in [3.63, 3.8) is 0 Å². The highest BCUT2D eigenvalue weighted by atomic mass is 19.1. The van der Waals surface area contributed by atoms with E-state index in [1.54, 1.807) is 6.07 Å². The third-order valence-corrected chi connectivity index (χ3v) is 3.93. The highest BCUT2D eigenvalue weighted by Gasteiger charge is 2.14. The van der Waals surface area contributed by atoms with Crippen molar-refractivity contribution in [3.05, 3.63) is 77.4 Å². The van der Waals surface area contributed by atoms with E-state index in [0.29, 0.717) is 23.5 Å². The number of nitrogens with zero attached hydrogens (tertiary/aromatic N) is 2. The van der Waals surface area contributed by atoms with Crippen molar-refractivity contribution in [2.75, 3.05) is 5.73 Å². The van der Waals surface area contributed by atoms with Crippen molar-refractivity contribution in [1.29, 1.82) is 0 Å². The second kappa shape index (κ2) is 6.57. The SMILES string of the molecule is Cc1ccc(-c2cnc(N)cn2)c(F)c1CCc1ccccc1. The van der Waals surface area contributed by atoms with Crippen LogP contribution in [-0.4, -0.2) is 9.97 Å². The molecular formula is C19H18FN3. The first-order chi connectivity index (χ1) is 11.1. The van der Waals surface area contributed by atoms with Gasteiger partial charge in [0.25, 0.3) is 0 Å². The van der Waals surface area contributed by atoms with Crippen molar-refractivity contribution in [2.45, 2.75) is 19.8 Å². The number of aryl methyl sites for hydroxylation is 2. The van der Waals surface area contributed by atoms with Gasteiger partial charge in [0.05, 0.1) is 18.1 Å². The third kappa shape index (κ3) is 3.37. The quantitative estimate of drug-likeness (QED) is 0.794. The Hall–Kier alpha value is -2.75. The Labute approximate surface area is 135 Å². The summed E-state index contributed by atoms with van der Waals surface area (Å²) in [7, 11) is 0. The van der Waals surface area contributed by atoms with E-state index in [-0.39, 0.29) is 5.82 Å². The fraction of sp³-hybridized carbons (Fsp3) is 0.158. The molecule has 0 saturated carbocycles. The van der Waals surface area contributed by atoms with Crippen LogP contribution in [0.1, 0.15) is 16.7 Å². The zero-order valence-corrected chi connectivity index (χ0v) is 13.0. The number of nitrogens with two attached hydrogens (primary N) is 1. The number of hydrogen-bond donors (Lipinski definition) is 1. The van der Waals surface area contributed by atoms with E-state index in [4.69, 9.17) is 5.73 Å². The van der Waals surface area contributed by atoms with E-state index in [1.165, 1.54) is 18.0 Å². The summed E-state index contributed by atoms with van der Waals surface area (Å²) in [5, 5.41) is 0. The minimum atomic E-state index is -0.222. The molecule has 3 rings (SSSR count). The summed E-state index contributed by atoms with van der Waals surface area (Å²) >= 11 is 0. The maximum Gasteiger partial charge on any atom is 0.141 e. The van der Waals surface area contributed by atoms with Gasteiger partial charge in [0, 0.05) is 5.56 Å². The normalized spacial score (nSPS) is 10.7. The lowest BCUT2D eigenvalue weighted by Crippen LogP contribution is -2.01. The average molecular weight is 307 g/mol. The van der Waals surface area contributed by atoms with Crippen LogP contribution < -0.4 is 5.73 Å². The van der Waals surface area contributed by atoms with E-state index in [1.807, 2.05) is 31.2 Å². The predicted octanol–water partition coefficient (Wildman–Crippen LogP) is 3.96. The van der Waals surface area contributed by atoms with Gasteiger partial charge in [0.15, 0.2) is 0 Å². The van der Waals surface area contributed by atoms with Crippen LogP contribution in [0, 0.1) is 12.7 Å². The molecule has 0 aliphatic heterocycles. The molecule has 2 aromatic carbocycles.